The number of hydrogen-bond acceptors (Lipinski definition) is 2. The van der Waals surface area contributed by atoms with Gasteiger partial charge in [0, 0.05) is 24.7 Å². The first-order chi connectivity index (χ1) is 9.49. The van der Waals surface area contributed by atoms with E-state index in [0.29, 0.717) is 11.0 Å². The van der Waals surface area contributed by atoms with Crippen molar-refractivity contribution >= 4 is 0 Å². The summed E-state index contributed by atoms with van der Waals surface area (Å²) >= 11 is 0. The molecule has 0 bridgehead atoms. The first kappa shape index (κ1) is 14.8. The van der Waals surface area contributed by atoms with Gasteiger partial charge in [0.1, 0.15) is 0 Å². The highest BCUT2D eigenvalue weighted by Crippen LogP contribution is 2.40. The van der Waals surface area contributed by atoms with Gasteiger partial charge >= 0.3 is 0 Å². The highest BCUT2D eigenvalue weighted by atomic mass is 15.3. The lowest BCUT2D eigenvalue weighted by Gasteiger charge is -2.53. The second kappa shape index (κ2) is 5.61. The van der Waals surface area contributed by atoms with Crippen LogP contribution >= 0.6 is 0 Å². The zero-order valence-corrected chi connectivity index (χ0v) is 13.9. The summed E-state index contributed by atoms with van der Waals surface area (Å²) in [6.45, 7) is 11.1. The zero-order chi connectivity index (χ0) is 14.2. The highest BCUT2D eigenvalue weighted by molar-refractivity contribution is 5.03. The van der Waals surface area contributed by atoms with Gasteiger partial charge in [0.25, 0.3) is 0 Å². The lowest BCUT2D eigenvalue weighted by atomic mass is 9.77. The van der Waals surface area contributed by atoms with Gasteiger partial charge in [0.15, 0.2) is 0 Å². The average molecular weight is 278 g/mol. The second-order valence-electron chi connectivity index (χ2n) is 8.87. The summed E-state index contributed by atoms with van der Waals surface area (Å²) in [7, 11) is 0. The van der Waals surface area contributed by atoms with Crippen LogP contribution in [0.25, 0.3) is 0 Å². The van der Waals surface area contributed by atoms with Gasteiger partial charge in [-0.25, -0.2) is 0 Å². The Hall–Kier alpha value is -0.0800. The van der Waals surface area contributed by atoms with E-state index >= 15 is 0 Å². The molecule has 1 heterocycles. The minimum absolute atomic E-state index is 0.468. The van der Waals surface area contributed by atoms with Crippen LogP contribution in [-0.4, -0.2) is 36.1 Å². The van der Waals surface area contributed by atoms with Crippen LogP contribution in [0.3, 0.4) is 0 Å². The molecule has 2 nitrogen and oxygen atoms in total. The van der Waals surface area contributed by atoms with E-state index in [-0.39, 0.29) is 0 Å². The molecule has 1 spiro atoms. The van der Waals surface area contributed by atoms with E-state index in [9.17, 15) is 0 Å². The first-order valence-electron chi connectivity index (χ1n) is 8.97. The van der Waals surface area contributed by atoms with Crippen molar-refractivity contribution in [2.45, 2.75) is 83.7 Å². The van der Waals surface area contributed by atoms with Crippen LogP contribution in [-0.2, 0) is 0 Å². The Morgan fingerprint density at radius 3 is 2.40 bits per heavy atom. The maximum Gasteiger partial charge on any atom is 0.0334 e. The Kier molecular flexibility index (Phi) is 4.16. The van der Waals surface area contributed by atoms with Crippen molar-refractivity contribution in [3.63, 3.8) is 0 Å². The molecule has 0 amide bonds. The van der Waals surface area contributed by atoms with E-state index in [2.05, 4.69) is 31.0 Å². The minimum Gasteiger partial charge on any atom is -0.311 e. The van der Waals surface area contributed by atoms with E-state index in [0.717, 1.165) is 12.0 Å². The molecule has 0 radical (unpaired) electrons. The summed E-state index contributed by atoms with van der Waals surface area (Å²) in [5.41, 5.74) is 0.977. The first-order valence-corrected chi connectivity index (χ1v) is 8.97. The number of hydrogen-bond donors (Lipinski definition) is 1. The number of nitrogens with zero attached hydrogens (tertiary/aromatic N) is 1. The van der Waals surface area contributed by atoms with Gasteiger partial charge in [0.2, 0.25) is 0 Å². The molecule has 0 aromatic heterocycles. The van der Waals surface area contributed by atoms with E-state index < -0.39 is 0 Å². The molecule has 2 saturated carbocycles. The van der Waals surface area contributed by atoms with Gasteiger partial charge in [0.05, 0.1) is 0 Å². The van der Waals surface area contributed by atoms with Gasteiger partial charge in [-0.05, 0) is 50.0 Å². The predicted octanol–water partition coefficient (Wildman–Crippen LogP) is 3.81. The van der Waals surface area contributed by atoms with Gasteiger partial charge in [-0.1, -0.05) is 40.0 Å². The third-order valence-electron chi connectivity index (χ3n) is 5.89. The normalized spacial score (nSPS) is 31.6. The molecule has 2 heteroatoms. The molecule has 0 aromatic carbocycles. The smallest absolute Gasteiger partial charge is 0.0334 e. The Bertz CT molecular complexity index is 321. The van der Waals surface area contributed by atoms with Crippen molar-refractivity contribution in [2.24, 2.45) is 11.3 Å². The lowest BCUT2D eigenvalue weighted by Crippen LogP contribution is -2.66. The maximum atomic E-state index is 3.93. The maximum absolute atomic E-state index is 3.93. The monoisotopic (exact) mass is 278 g/mol. The van der Waals surface area contributed by atoms with Crippen molar-refractivity contribution in [3.8, 4) is 0 Å². The van der Waals surface area contributed by atoms with Crippen molar-refractivity contribution in [3.05, 3.63) is 0 Å². The topological polar surface area (TPSA) is 15.3 Å². The molecule has 3 aliphatic rings. The minimum atomic E-state index is 0.468. The molecule has 1 aliphatic heterocycles. The van der Waals surface area contributed by atoms with Crippen LogP contribution in [0.2, 0.25) is 0 Å². The molecule has 20 heavy (non-hydrogen) atoms. The Balaban J connectivity index is 1.67. The number of piperazine rings is 1. The van der Waals surface area contributed by atoms with Crippen molar-refractivity contribution in [1.29, 1.82) is 0 Å². The van der Waals surface area contributed by atoms with E-state index in [1.165, 1.54) is 71.0 Å². The van der Waals surface area contributed by atoms with Crippen LogP contribution in [0, 0.1) is 11.3 Å². The molecule has 1 saturated heterocycles. The second-order valence-corrected chi connectivity index (χ2v) is 8.87. The molecular weight excluding hydrogens is 244 g/mol. The van der Waals surface area contributed by atoms with Crippen LogP contribution in [0.1, 0.15) is 72.1 Å². The zero-order valence-electron chi connectivity index (χ0n) is 13.9. The van der Waals surface area contributed by atoms with Crippen molar-refractivity contribution in [2.75, 3.05) is 19.6 Å². The molecule has 1 unspecified atom stereocenters. The predicted molar refractivity (Wildman–Crippen MR) is 86.0 cm³/mol. The summed E-state index contributed by atoms with van der Waals surface area (Å²) in [4.78, 5) is 2.91. The van der Waals surface area contributed by atoms with E-state index in [4.69, 9.17) is 0 Å². The van der Waals surface area contributed by atoms with Gasteiger partial charge < -0.3 is 5.32 Å². The van der Waals surface area contributed by atoms with Crippen LogP contribution in [0.15, 0.2) is 0 Å². The summed E-state index contributed by atoms with van der Waals surface area (Å²) < 4.78 is 0. The lowest BCUT2D eigenvalue weighted by molar-refractivity contribution is -0.000246. The molecule has 3 fully saturated rings. The average Bonchev–Trinajstić information content (AvgIpc) is 3.22. The Morgan fingerprint density at radius 2 is 1.80 bits per heavy atom. The molecule has 1 N–H and O–H groups in total. The SMILES string of the molecule is CC(C)(C)CCN1CC(C2CC2)NCC12CCCCC2. The van der Waals surface area contributed by atoms with E-state index in [1.54, 1.807) is 0 Å². The largest absolute Gasteiger partial charge is 0.311 e. The van der Waals surface area contributed by atoms with Crippen LogP contribution in [0.4, 0.5) is 0 Å². The van der Waals surface area contributed by atoms with Crippen LogP contribution in [0.5, 0.6) is 0 Å². The fourth-order valence-corrected chi connectivity index (χ4v) is 4.24. The van der Waals surface area contributed by atoms with Crippen LogP contribution < -0.4 is 5.32 Å². The third kappa shape index (κ3) is 3.39. The molecule has 3 rings (SSSR count). The standard InChI is InChI=1S/C18H34N2/c1-17(2,3)11-12-20-13-16(15-7-8-15)19-14-18(20)9-5-4-6-10-18/h15-16,19H,4-14H2,1-3H3. The Morgan fingerprint density at radius 1 is 1.10 bits per heavy atom. The van der Waals surface area contributed by atoms with Crippen molar-refractivity contribution < 1.29 is 0 Å². The van der Waals surface area contributed by atoms with Gasteiger partial charge in [-0.15, -0.1) is 0 Å². The molecule has 0 aromatic rings. The molecule has 2 aliphatic carbocycles. The summed E-state index contributed by atoms with van der Waals surface area (Å²) in [6.07, 6.45) is 11.5. The van der Waals surface area contributed by atoms with Gasteiger partial charge in [-0.3, -0.25) is 4.90 Å². The molecular formula is C18H34N2. The molecule has 1 atom stereocenters. The third-order valence-corrected chi connectivity index (χ3v) is 5.89. The number of nitrogens with one attached hydrogen (secondary N) is 1. The number of rotatable bonds is 3. The van der Waals surface area contributed by atoms with Gasteiger partial charge in [-0.2, -0.15) is 0 Å². The highest BCUT2D eigenvalue weighted by Gasteiger charge is 2.45. The summed E-state index contributed by atoms with van der Waals surface area (Å²) in [6, 6.07) is 0.794. The molecule has 116 valence electrons. The van der Waals surface area contributed by atoms with Crippen molar-refractivity contribution in [1.82, 2.24) is 10.2 Å². The Labute approximate surface area is 125 Å². The quantitative estimate of drug-likeness (QED) is 0.844. The summed E-state index contributed by atoms with van der Waals surface area (Å²) in [5, 5.41) is 3.93. The summed E-state index contributed by atoms with van der Waals surface area (Å²) in [5.74, 6) is 0.994. The fraction of sp³-hybridized carbons (Fsp3) is 1.00. The van der Waals surface area contributed by atoms with E-state index in [1.807, 2.05) is 0 Å². The fourth-order valence-electron chi connectivity index (χ4n) is 4.24.